The molecule has 2 heterocycles. The van der Waals surface area contributed by atoms with Crippen LogP contribution in [0.25, 0.3) is 0 Å². The number of carbonyl (C=O) groups excluding carboxylic acids is 1. The number of benzene rings is 1. The highest BCUT2D eigenvalue weighted by Gasteiger charge is 2.23. The molecule has 0 atom stereocenters. The zero-order valence-electron chi connectivity index (χ0n) is 17.3. The van der Waals surface area contributed by atoms with Gasteiger partial charge in [0.25, 0.3) is 0 Å². The Kier molecular flexibility index (Phi) is 8.15. The van der Waals surface area contributed by atoms with Gasteiger partial charge in [0, 0.05) is 44.8 Å². The molecule has 2 aliphatic rings. The Hall–Kier alpha value is -2.08. The van der Waals surface area contributed by atoms with Crippen LogP contribution in [0.4, 0.5) is 5.69 Å². The van der Waals surface area contributed by atoms with Gasteiger partial charge >= 0.3 is 0 Å². The second-order valence-electron chi connectivity index (χ2n) is 7.62. The number of fused-ring (bicyclic) bond motifs is 1. The molecule has 0 radical (unpaired) electrons. The number of guanidine groups is 1. The summed E-state index contributed by atoms with van der Waals surface area (Å²) in [6.07, 6.45) is 6.31. The van der Waals surface area contributed by atoms with Crippen molar-refractivity contribution in [2.45, 2.75) is 45.4 Å². The molecule has 28 heavy (non-hydrogen) atoms. The monoisotopic (exact) mass is 385 g/mol. The number of anilines is 1. The largest absolute Gasteiger partial charge is 0.357 e. The van der Waals surface area contributed by atoms with Gasteiger partial charge in [0.1, 0.15) is 0 Å². The van der Waals surface area contributed by atoms with Crippen molar-refractivity contribution in [3.05, 3.63) is 29.8 Å². The molecule has 0 unspecified atom stereocenters. The average Bonchev–Trinajstić information content (AvgIpc) is 3.16. The van der Waals surface area contributed by atoms with E-state index in [1.54, 1.807) is 0 Å². The Morgan fingerprint density at radius 2 is 1.93 bits per heavy atom. The minimum absolute atomic E-state index is 0.211. The lowest BCUT2D eigenvalue weighted by Gasteiger charge is -2.26. The van der Waals surface area contributed by atoms with E-state index in [1.165, 1.54) is 37.9 Å². The van der Waals surface area contributed by atoms with E-state index < -0.39 is 0 Å². The van der Waals surface area contributed by atoms with Crippen molar-refractivity contribution in [2.75, 3.05) is 50.7 Å². The second kappa shape index (κ2) is 11.1. The highest BCUT2D eigenvalue weighted by molar-refractivity contribution is 5.95. The number of para-hydroxylation sites is 1. The molecule has 6 nitrogen and oxygen atoms in total. The SMILES string of the molecule is CCNC(=NCCCC(=O)N1CCc2ccccc21)NCCN1CCCCC1. The molecule has 0 aliphatic carbocycles. The molecule has 0 bridgehead atoms. The van der Waals surface area contributed by atoms with Gasteiger partial charge in [0.15, 0.2) is 5.96 Å². The van der Waals surface area contributed by atoms with Gasteiger partial charge in [-0.15, -0.1) is 0 Å². The molecule has 2 N–H and O–H groups in total. The van der Waals surface area contributed by atoms with Gasteiger partial charge in [-0.2, -0.15) is 0 Å². The van der Waals surface area contributed by atoms with Crippen molar-refractivity contribution in [1.29, 1.82) is 0 Å². The lowest BCUT2D eigenvalue weighted by Crippen LogP contribution is -2.42. The van der Waals surface area contributed by atoms with Gasteiger partial charge in [0.05, 0.1) is 0 Å². The van der Waals surface area contributed by atoms with Crippen molar-refractivity contribution in [1.82, 2.24) is 15.5 Å². The van der Waals surface area contributed by atoms with Gasteiger partial charge < -0.3 is 20.4 Å². The normalized spacial score (nSPS) is 17.5. The lowest BCUT2D eigenvalue weighted by molar-refractivity contribution is -0.118. The third kappa shape index (κ3) is 5.96. The maximum absolute atomic E-state index is 12.6. The molecule has 0 saturated carbocycles. The number of hydrogen-bond acceptors (Lipinski definition) is 3. The first kappa shape index (κ1) is 20.6. The fourth-order valence-corrected chi connectivity index (χ4v) is 4.01. The number of amides is 1. The van der Waals surface area contributed by atoms with Crippen LogP contribution < -0.4 is 15.5 Å². The van der Waals surface area contributed by atoms with E-state index in [2.05, 4.69) is 33.5 Å². The van der Waals surface area contributed by atoms with Gasteiger partial charge in [-0.3, -0.25) is 9.79 Å². The van der Waals surface area contributed by atoms with Crippen LogP contribution in [0.5, 0.6) is 0 Å². The van der Waals surface area contributed by atoms with Crippen molar-refractivity contribution < 1.29 is 4.79 Å². The number of hydrogen-bond donors (Lipinski definition) is 2. The quantitative estimate of drug-likeness (QED) is 0.410. The number of likely N-dealkylation sites (tertiary alicyclic amines) is 1. The van der Waals surface area contributed by atoms with Crippen molar-refractivity contribution >= 4 is 17.6 Å². The minimum atomic E-state index is 0.211. The predicted molar refractivity (Wildman–Crippen MR) is 116 cm³/mol. The van der Waals surface area contributed by atoms with E-state index in [0.29, 0.717) is 13.0 Å². The summed E-state index contributed by atoms with van der Waals surface area (Å²) in [7, 11) is 0. The summed E-state index contributed by atoms with van der Waals surface area (Å²) in [5, 5.41) is 6.73. The topological polar surface area (TPSA) is 60.0 Å². The van der Waals surface area contributed by atoms with Gasteiger partial charge in [-0.05, 0) is 57.3 Å². The summed E-state index contributed by atoms with van der Waals surface area (Å²) >= 11 is 0. The van der Waals surface area contributed by atoms with Crippen LogP contribution in [-0.4, -0.2) is 62.6 Å². The van der Waals surface area contributed by atoms with E-state index in [0.717, 1.165) is 50.7 Å². The van der Waals surface area contributed by atoms with Gasteiger partial charge in [-0.25, -0.2) is 0 Å². The molecule has 1 aromatic carbocycles. The lowest BCUT2D eigenvalue weighted by atomic mass is 10.1. The number of piperidine rings is 1. The zero-order chi connectivity index (χ0) is 19.6. The molecular weight excluding hydrogens is 350 g/mol. The summed E-state index contributed by atoms with van der Waals surface area (Å²) in [6, 6.07) is 8.22. The molecule has 1 saturated heterocycles. The van der Waals surface area contributed by atoms with E-state index >= 15 is 0 Å². The van der Waals surface area contributed by atoms with Crippen LogP contribution in [0.15, 0.2) is 29.3 Å². The first-order chi connectivity index (χ1) is 13.8. The molecule has 1 amide bonds. The fraction of sp³-hybridized carbons (Fsp3) is 0.636. The van der Waals surface area contributed by atoms with Crippen molar-refractivity contribution in [3.8, 4) is 0 Å². The first-order valence-corrected chi connectivity index (χ1v) is 10.9. The van der Waals surface area contributed by atoms with E-state index in [9.17, 15) is 4.79 Å². The van der Waals surface area contributed by atoms with E-state index in [-0.39, 0.29) is 5.91 Å². The maximum Gasteiger partial charge on any atom is 0.227 e. The minimum Gasteiger partial charge on any atom is -0.357 e. The Balaban J connectivity index is 1.38. The number of nitrogens with zero attached hydrogens (tertiary/aromatic N) is 3. The molecule has 154 valence electrons. The number of aliphatic imine (C=N–C) groups is 1. The number of rotatable bonds is 8. The second-order valence-corrected chi connectivity index (χ2v) is 7.62. The predicted octanol–water partition coefficient (Wildman–Crippen LogP) is 2.40. The highest BCUT2D eigenvalue weighted by atomic mass is 16.2. The fourth-order valence-electron chi connectivity index (χ4n) is 4.01. The standard InChI is InChI=1S/C22H35N5O/c1-2-23-22(25-14-18-26-15-6-3-7-16-26)24-13-8-11-21(28)27-17-12-19-9-4-5-10-20(19)27/h4-5,9-10H,2-3,6-8,11-18H2,1H3,(H2,23,24,25). The highest BCUT2D eigenvalue weighted by Crippen LogP contribution is 2.27. The first-order valence-electron chi connectivity index (χ1n) is 10.9. The van der Waals surface area contributed by atoms with Crippen LogP contribution in [-0.2, 0) is 11.2 Å². The Bertz CT molecular complexity index is 654. The van der Waals surface area contributed by atoms with Crippen LogP contribution in [0.1, 0.15) is 44.6 Å². The van der Waals surface area contributed by atoms with E-state index in [4.69, 9.17) is 0 Å². The summed E-state index contributed by atoms with van der Waals surface area (Å²) in [5.41, 5.74) is 2.37. The van der Waals surface area contributed by atoms with Gasteiger partial charge in [0.2, 0.25) is 5.91 Å². The van der Waals surface area contributed by atoms with Crippen LogP contribution >= 0.6 is 0 Å². The third-order valence-electron chi connectivity index (χ3n) is 5.52. The van der Waals surface area contributed by atoms with E-state index in [1.807, 2.05) is 23.1 Å². The summed E-state index contributed by atoms with van der Waals surface area (Å²) in [4.78, 5) is 21.7. The van der Waals surface area contributed by atoms with Crippen LogP contribution in [0, 0.1) is 0 Å². The Morgan fingerprint density at radius 3 is 2.75 bits per heavy atom. The summed E-state index contributed by atoms with van der Waals surface area (Å²) in [6.45, 7) is 8.82. The van der Waals surface area contributed by atoms with Crippen LogP contribution in [0.2, 0.25) is 0 Å². The zero-order valence-corrected chi connectivity index (χ0v) is 17.3. The molecule has 2 aliphatic heterocycles. The van der Waals surface area contributed by atoms with Crippen molar-refractivity contribution in [2.24, 2.45) is 4.99 Å². The summed E-state index contributed by atoms with van der Waals surface area (Å²) in [5.74, 6) is 1.07. The molecule has 1 aromatic rings. The van der Waals surface area contributed by atoms with Crippen LogP contribution in [0.3, 0.4) is 0 Å². The number of nitrogens with one attached hydrogen (secondary N) is 2. The third-order valence-corrected chi connectivity index (χ3v) is 5.52. The van der Waals surface area contributed by atoms with Gasteiger partial charge in [-0.1, -0.05) is 24.6 Å². The summed E-state index contributed by atoms with van der Waals surface area (Å²) < 4.78 is 0. The Morgan fingerprint density at radius 1 is 1.11 bits per heavy atom. The average molecular weight is 386 g/mol. The molecule has 6 heteroatoms. The van der Waals surface area contributed by atoms with Crippen molar-refractivity contribution in [3.63, 3.8) is 0 Å². The smallest absolute Gasteiger partial charge is 0.227 e. The molecule has 0 spiro atoms. The molecular formula is C22H35N5O. The maximum atomic E-state index is 12.6. The molecule has 1 fully saturated rings. The molecule has 3 rings (SSSR count). The number of carbonyl (C=O) groups is 1. The molecule has 0 aromatic heterocycles. The Labute approximate surface area is 169 Å².